The Balaban J connectivity index is 2.61. The van der Waals surface area contributed by atoms with Crippen LogP contribution in [0.4, 0.5) is 0 Å². The van der Waals surface area contributed by atoms with Crippen molar-refractivity contribution in [2.24, 2.45) is 0 Å². The maximum Gasteiger partial charge on any atom is 0.161 e. The molecule has 1 rings (SSSR count). The Morgan fingerprint density at radius 2 is 2.12 bits per heavy atom. The van der Waals surface area contributed by atoms with Crippen LogP contribution in [0, 0.1) is 0 Å². The molecule has 0 spiro atoms. The van der Waals surface area contributed by atoms with E-state index in [1.807, 2.05) is 0 Å². The van der Waals surface area contributed by atoms with Crippen LogP contribution < -0.4 is 9.47 Å². The maximum absolute atomic E-state index is 10.6. The molecule has 3 nitrogen and oxygen atoms in total. The number of carbonyl (C=O) groups excluding carboxylic acids is 1. The van der Waals surface area contributed by atoms with Crippen molar-refractivity contribution in [1.82, 2.24) is 0 Å². The van der Waals surface area contributed by atoms with Crippen molar-refractivity contribution >= 4 is 28.9 Å². The van der Waals surface area contributed by atoms with Crippen LogP contribution in [0.1, 0.15) is 23.2 Å². The van der Waals surface area contributed by atoms with E-state index in [9.17, 15) is 4.79 Å². The molecule has 0 aliphatic carbocycles. The summed E-state index contributed by atoms with van der Waals surface area (Å²) in [5.74, 6) is 1.31. The molecule has 88 valence electrons. The quantitative estimate of drug-likeness (QED) is 0.333. The van der Waals surface area contributed by atoms with E-state index in [0.29, 0.717) is 23.7 Å². The molecule has 0 aliphatic rings. The Bertz CT molecular complexity index is 339. The second-order valence-corrected chi connectivity index (χ2v) is 4.35. The predicted octanol–water partition coefficient (Wildman–Crippen LogP) is 3.10. The molecule has 0 amide bonds. The molecule has 0 fully saturated rings. The molecule has 4 heteroatoms. The minimum atomic E-state index is 0.594. The fraction of sp³-hybridized carbons (Fsp3) is 0.417. The van der Waals surface area contributed by atoms with Crippen molar-refractivity contribution in [3.63, 3.8) is 0 Å². The van der Waals surface area contributed by atoms with E-state index in [2.05, 4.69) is 22.6 Å². The number of ether oxygens (including phenoxy) is 2. The smallest absolute Gasteiger partial charge is 0.161 e. The van der Waals surface area contributed by atoms with E-state index in [4.69, 9.17) is 9.47 Å². The van der Waals surface area contributed by atoms with Gasteiger partial charge in [-0.3, -0.25) is 4.79 Å². The Morgan fingerprint density at radius 3 is 2.75 bits per heavy atom. The standard InChI is InChI=1S/C12H15IO3/c1-15-12-8-10(9-14)4-5-11(12)16-7-3-2-6-13/h4-5,8-9H,2-3,6-7H2,1H3. The minimum Gasteiger partial charge on any atom is -0.493 e. The summed E-state index contributed by atoms with van der Waals surface area (Å²) in [4.78, 5) is 10.6. The molecule has 0 atom stereocenters. The van der Waals surface area contributed by atoms with Crippen molar-refractivity contribution in [3.8, 4) is 11.5 Å². The minimum absolute atomic E-state index is 0.594. The lowest BCUT2D eigenvalue weighted by molar-refractivity contribution is 0.112. The zero-order valence-corrected chi connectivity index (χ0v) is 11.4. The van der Waals surface area contributed by atoms with Gasteiger partial charge in [-0.1, -0.05) is 22.6 Å². The van der Waals surface area contributed by atoms with E-state index in [-0.39, 0.29) is 0 Å². The van der Waals surface area contributed by atoms with Crippen molar-refractivity contribution in [3.05, 3.63) is 23.8 Å². The van der Waals surface area contributed by atoms with E-state index in [1.165, 1.54) is 0 Å². The molecule has 0 aromatic heterocycles. The molecule has 0 unspecified atom stereocenters. The predicted molar refractivity (Wildman–Crippen MR) is 72.0 cm³/mol. The van der Waals surface area contributed by atoms with E-state index in [1.54, 1.807) is 25.3 Å². The largest absolute Gasteiger partial charge is 0.493 e. The summed E-state index contributed by atoms with van der Waals surface area (Å²) in [5, 5.41) is 0. The Kier molecular flexibility index (Phi) is 6.22. The van der Waals surface area contributed by atoms with Gasteiger partial charge >= 0.3 is 0 Å². The summed E-state index contributed by atoms with van der Waals surface area (Å²) in [5.41, 5.74) is 0.594. The Morgan fingerprint density at radius 1 is 1.31 bits per heavy atom. The van der Waals surface area contributed by atoms with Crippen LogP contribution in [0.2, 0.25) is 0 Å². The molecular weight excluding hydrogens is 319 g/mol. The normalized spacial score (nSPS) is 9.88. The molecular formula is C12H15IO3. The van der Waals surface area contributed by atoms with Crippen LogP contribution in [0.3, 0.4) is 0 Å². The van der Waals surface area contributed by atoms with Crippen LogP contribution >= 0.6 is 22.6 Å². The second-order valence-electron chi connectivity index (χ2n) is 3.27. The lowest BCUT2D eigenvalue weighted by Crippen LogP contribution is -2.00. The number of unbranched alkanes of at least 4 members (excludes halogenated alkanes) is 1. The number of hydrogen-bond donors (Lipinski definition) is 0. The van der Waals surface area contributed by atoms with Gasteiger partial charge in [-0.05, 0) is 35.5 Å². The number of halogens is 1. The summed E-state index contributed by atoms with van der Waals surface area (Å²) in [6.07, 6.45) is 2.97. The maximum atomic E-state index is 10.6. The highest BCUT2D eigenvalue weighted by atomic mass is 127. The number of methoxy groups -OCH3 is 1. The molecule has 16 heavy (non-hydrogen) atoms. The van der Waals surface area contributed by atoms with Gasteiger partial charge in [-0.25, -0.2) is 0 Å². The summed E-state index contributed by atoms with van der Waals surface area (Å²) >= 11 is 2.35. The summed E-state index contributed by atoms with van der Waals surface area (Å²) in [6.45, 7) is 0.680. The first kappa shape index (κ1) is 13.3. The summed E-state index contributed by atoms with van der Waals surface area (Å²) in [7, 11) is 1.57. The highest BCUT2D eigenvalue weighted by molar-refractivity contribution is 14.1. The third-order valence-electron chi connectivity index (χ3n) is 2.11. The average Bonchev–Trinajstić information content (AvgIpc) is 2.34. The SMILES string of the molecule is COc1cc(C=O)ccc1OCCCCI. The van der Waals surface area contributed by atoms with Crippen LogP contribution in [0.5, 0.6) is 11.5 Å². The van der Waals surface area contributed by atoms with Gasteiger partial charge in [0.15, 0.2) is 11.5 Å². The number of alkyl halides is 1. The molecule has 0 N–H and O–H groups in total. The van der Waals surface area contributed by atoms with Crippen LogP contribution in [0.15, 0.2) is 18.2 Å². The molecule has 1 aromatic rings. The molecule has 0 aliphatic heterocycles. The fourth-order valence-corrected chi connectivity index (χ4v) is 1.79. The van der Waals surface area contributed by atoms with Crippen molar-refractivity contribution in [1.29, 1.82) is 0 Å². The van der Waals surface area contributed by atoms with Crippen molar-refractivity contribution in [2.75, 3.05) is 18.1 Å². The van der Waals surface area contributed by atoms with E-state index in [0.717, 1.165) is 23.6 Å². The summed E-state index contributed by atoms with van der Waals surface area (Å²) < 4.78 is 11.9. The van der Waals surface area contributed by atoms with Gasteiger partial charge in [0, 0.05) is 5.56 Å². The first-order valence-corrected chi connectivity index (χ1v) is 6.66. The second kappa shape index (κ2) is 7.49. The van der Waals surface area contributed by atoms with Crippen LogP contribution in [0.25, 0.3) is 0 Å². The number of rotatable bonds is 7. The van der Waals surface area contributed by atoms with Crippen molar-refractivity contribution < 1.29 is 14.3 Å². The first-order valence-electron chi connectivity index (χ1n) is 5.13. The van der Waals surface area contributed by atoms with Gasteiger partial charge in [-0.2, -0.15) is 0 Å². The van der Waals surface area contributed by atoms with Crippen molar-refractivity contribution in [2.45, 2.75) is 12.8 Å². The fourth-order valence-electron chi connectivity index (χ4n) is 1.26. The average molecular weight is 334 g/mol. The lowest BCUT2D eigenvalue weighted by Gasteiger charge is -2.10. The van der Waals surface area contributed by atoms with Crippen LogP contribution in [-0.2, 0) is 0 Å². The Hall–Kier alpha value is -0.780. The molecule has 0 bridgehead atoms. The Labute approximate surface area is 109 Å². The van der Waals surface area contributed by atoms with Gasteiger partial charge in [-0.15, -0.1) is 0 Å². The van der Waals surface area contributed by atoms with Gasteiger partial charge in [0.2, 0.25) is 0 Å². The molecule has 0 radical (unpaired) electrons. The molecule has 0 saturated heterocycles. The zero-order valence-electron chi connectivity index (χ0n) is 9.24. The van der Waals surface area contributed by atoms with Gasteiger partial charge < -0.3 is 9.47 Å². The monoisotopic (exact) mass is 334 g/mol. The molecule has 1 aromatic carbocycles. The molecule has 0 saturated carbocycles. The third-order valence-corrected chi connectivity index (χ3v) is 2.87. The zero-order chi connectivity index (χ0) is 11.8. The summed E-state index contributed by atoms with van der Waals surface area (Å²) in [6, 6.07) is 5.18. The van der Waals surface area contributed by atoms with Gasteiger partial charge in [0.05, 0.1) is 13.7 Å². The third kappa shape index (κ3) is 4.00. The number of hydrogen-bond acceptors (Lipinski definition) is 3. The van der Waals surface area contributed by atoms with Crippen LogP contribution in [-0.4, -0.2) is 24.4 Å². The highest BCUT2D eigenvalue weighted by Gasteiger charge is 2.04. The van der Waals surface area contributed by atoms with E-state index >= 15 is 0 Å². The van der Waals surface area contributed by atoms with E-state index < -0.39 is 0 Å². The number of carbonyl (C=O) groups is 1. The van der Waals surface area contributed by atoms with Gasteiger partial charge in [0.25, 0.3) is 0 Å². The molecule has 0 heterocycles. The number of aldehydes is 1. The number of benzene rings is 1. The highest BCUT2D eigenvalue weighted by Crippen LogP contribution is 2.27. The lowest BCUT2D eigenvalue weighted by atomic mass is 10.2. The topological polar surface area (TPSA) is 35.5 Å². The van der Waals surface area contributed by atoms with Gasteiger partial charge in [0.1, 0.15) is 6.29 Å². The first-order chi connectivity index (χ1) is 7.81.